The fourth-order valence-electron chi connectivity index (χ4n) is 1.38. The van der Waals surface area contributed by atoms with Crippen LogP contribution in [0.5, 0.6) is 0 Å². The maximum absolute atomic E-state index is 12.8. The van der Waals surface area contributed by atoms with E-state index in [4.69, 9.17) is 0 Å². The second-order valence-electron chi connectivity index (χ2n) is 3.44. The molecule has 0 bridgehead atoms. The van der Waals surface area contributed by atoms with Crippen LogP contribution >= 0.6 is 15.9 Å². The molecule has 2 rings (SSSR count). The second-order valence-corrected chi connectivity index (χ2v) is 4.23. The van der Waals surface area contributed by atoms with E-state index in [1.807, 2.05) is 0 Å². The Hall–Kier alpha value is -1.69. The molecule has 0 radical (unpaired) electrons. The number of rotatable bonds is 2. The number of amides is 1. The molecule has 0 aliphatic rings. The first-order valence-corrected chi connectivity index (χ1v) is 5.64. The molecule has 0 saturated carbocycles. The molecule has 0 fully saturated rings. The van der Waals surface area contributed by atoms with Crippen LogP contribution < -0.4 is 5.32 Å². The molecule has 0 atom stereocenters. The summed E-state index contributed by atoms with van der Waals surface area (Å²) in [6, 6.07) is 5.95. The predicted molar refractivity (Wildman–Crippen MR) is 66.0 cm³/mol. The number of halogens is 2. The second kappa shape index (κ2) is 4.67. The van der Waals surface area contributed by atoms with Gasteiger partial charge in [-0.2, -0.15) is 0 Å². The van der Waals surface area contributed by atoms with Crippen LogP contribution in [0.4, 0.5) is 10.3 Å². The number of carbonyl (C=O) groups excluding carboxylic acids is 1. The zero-order chi connectivity index (χ0) is 12.4. The fraction of sp³-hybridized carbons (Fsp3) is 0.0909. The maximum atomic E-state index is 12.8. The van der Waals surface area contributed by atoms with Crippen LogP contribution in [0.1, 0.15) is 6.92 Å². The lowest BCUT2D eigenvalue weighted by molar-refractivity contribution is -0.114. The highest BCUT2D eigenvalue weighted by molar-refractivity contribution is 9.10. The van der Waals surface area contributed by atoms with Crippen LogP contribution in [0.2, 0.25) is 0 Å². The minimum atomic E-state index is -0.303. The van der Waals surface area contributed by atoms with E-state index < -0.39 is 0 Å². The van der Waals surface area contributed by atoms with Crippen molar-refractivity contribution in [1.29, 1.82) is 0 Å². The molecular formula is C11H9BrFN3O. The van der Waals surface area contributed by atoms with Gasteiger partial charge in [0.15, 0.2) is 0 Å². The molecule has 4 nitrogen and oxygen atoms in total. The average molecular weight is 298 g/mol. The summed E-state index contributed by atoms with van der Waals surface area (Å²) in [5.41, 5.74) is 1.37. The number of benzene rings is 1. The van der Waals surface area contributed by atoms with Gasteiger partial charge < -0.3 is 4.98 Å². The van der Waals surface area contributed by atoms with Crippen molar-refractivity contribution >= 4 is 27.8 Å². The van der Waals surface area contributed by atoms with E-state index in [1.54, 1.807) is 12.1 Å². The molecule has 0 unspecified atom stereocenters. The first-order chi connectivity index (χ1) is 8.06. The SMILES string of the molecule is CC(=O)Nc1nc(-c2ccc(F)cc2)c(Br)[nH]1. The van der Waals surface area contributed by atoms with E-state index in [9.17, 15) is 9.18 Å². The van der Waals surface area contributed by atoms with E-state index in [-0.39, 0.29) is 11.7 Å². The number of imidazole rings is 1. The zero-order valence-corrected chi connectivity index (χ0v) is 10.5. The van der Waals surface area contributed by atoms with E-state index in [0.717, 1.165) is 5.56 Å². The summed E-state index contributed by atoms with van der Waals surface area (Å²) in [7, 11) is 0. The summed E-state index contributed by atoms with van der Waals surface area (Å²) in [5, 5.41) is 2.54. The van der Waals surface area contributed by atoms with Crippen molar-refractivity contribution in [3.8, 4) is 11.3 Å². The lowest BCUT2D eigenvalue weighted by atomic mass is 10.2. The van der Waals surface area contributed by atoms with Crippen LogP contribution in [0.25, 0.3) is 11.3 Å². The fourth-order valence-corrected chi connectivity index (χ4v) is 1.88. The summed E-state index contributed by atoms with van der Waals surface area (Å²) < 4.78 is 13.4. The quantitative estimate of drug-likeness (QED) is 0.895. The third kappa shape index (κ3) is 2.71. The van der Waals surface area contributed by atoms with E-state index in [2.05, 4.69) is 31.2 Å². The molecule has 0 saturated heterocycles. The van der Waals surface area contributed by atoms with Crippen molar-refractivity contribution < 1.29 is 9.18 Å². The van der Waals surface area contributed by atoms with Gasteiger partial charge in [0, 0.05) is 12.5 Å². The maximum Gasteiger partial charge on any atom is 0.223 e. The van der Waals surface area contributed by atoms with Gasteiger partial charge in [-0.15, -0.1) is 0 Å². The van der Waals surface area contributed by atoms with Crippen LogP contribution in [0.3, 0.4) is 0 Å². The van der Waals surface area contributed by atoms with Crippen LogP contribution in [0.15, 0.2) is 28.9 Å². The number of aromatic nitrogens is 2. The van der Waals surface area contributed by atoms with Crippen LogP contribution in [-0.2, 0) is 4.79 Å². The van der Waals surface area contributed by atoms with Crippen molar-refractivity contribution in [1.82, 2.24) is 9.97 Å². The molecule has 6 heteroatoms. The first kappa shape index (κ1) is 11.8. The highest BCUT2D eigenvalue weighted by Crippen LogP contribution is 2.27. The van der Waals surface area contributed by atoms with Gasteiger partial charge >= 0.3 is 0 Å². The predicted octanol–water partition coefficient (Wildman–Crippen LogP) is 2.94. The lowest BCUT2D eigenvalue weighted by Crippen LogP contribution is -2.06. The number of H-pyrrole nitrogens is 1. The Morgan fingerprint density at radius 1 is 1.41 bits per heavy atom. The molecule has 0 aliphatic carbocycles. The van der Waals surface area contributed by atoms with Gasteiger partial charge in [0.25, 0.3) is 0 Å². The average Bonchev–Trinajstić information content (AvgIpc) is 2.59. The molecular weight excluding hydrogens is 289 g/mol. The molecule has 1 heterocycles. The van der Waals surface area contributed by atoms with Crippen molar-refractivity contribution in [2.24, 2.45) is 0 Å². The molecule has 1 aromatic heterocycles. The number of nitrogens with one attached hydrogen (secondary N) is 2. The Balaban J connectivity index is 2.35. The number of nitrogens with zero attached hydrogens (tertiary/aromatic N) is 1. The number of hydrogen-bond acceptors (Lipinski definition) is 2. The van der Waals surface area contributed by atoms with Crippen LogP contribution in [0, 0.1) is 5.82 Å². The van der Waals surface area contributed by atoms with E-state index in [1.165, 1.54) is 19.1 Å². The molecule has 17 heavy (non-hydrogen) atoms. The van der Waals surface area contributed by atoms with Crippen molar-refractivity contribution in [3.05, 3.63) is 34.7 Å². The number of aromatic amines is 1. The van der Waals surface area contributed by atoms with Crippen molar-refractivity contribution in [2.45, 2.75) is 6.92 Å². The van der Waals surface area contributed by atoms with E-state index >= 15 is 0 Å². The van der Waals surface area contributed by atoms with Crippen LogP contribution in [-0.4, -0.2) is 15.9 Å². The first-order valence-electron chi connectivity index (χ1n) is 4.85. The molecule has 1 amide bonds. The number of hydrogen-bond donors (Lipinski definition) is 2. The van der Waals surface area contributed by atoms with Crippen molar-refractivity contribution in [2.75, 3.05) is 5.32 Å². The highest BCUT2D eigenvalue weighted by atomic mass is 79.9. The Labute approximate surface area is 105 Å². The highest BCUT2D eigenvalue weighted by Gasteiger charge is 2.10. The smallest absolute Gasteiger partial charge is 0.223 e. The summed E-state index contributed by atoms with van der Waals surface area (Å²) >= 11 is 3.30. The zero-order valence-electron chi connectivity index (χ0n) is 8.92. The van der Waals surface area contributed by atoms with Gasteiger partial charge in [-0.25, -0.2) is 9.37 Å². The van der Waals surface area contributed by atoms with Gasteiger partial charge in [0.05, 0.1) is 0 Å². The topological polar surface area (TPSA) is 57.8 Å². The Morgan fingerprint density at radius 2 is 2.06 bits per heavy atom. The largest absolute Gasteiger partial charge is 0.318 e. The summed E-state index contributed by atoms with van der Waals surface area (Å²) in [5.74, 6) is -0.164. The Morgan fingerprint density at radius 3 is 2.65 bits per heavy atom. The monoisotopic (exact) mass is 297 g/mol. The van der Waals surface area contributed by atoms with E-state index in [0.29, 0.717) is 16.2 Å². The van der Waals surface area contributed by atoms with Gasteiger partial charge in [0.1, 0.15) is 16.1 Å². The normalized spacial score (nSPS) is 10.3. The molecule has 88 valence electrons. The van der Waals surface area contributed by atoms with Gasteiger partial charge in [0.2, 0.25) is 11.9 Å². The molecule has 2 aromatic rings. The lowest BCUT2D eigenvalue weighted by Gasteiger charge is -1.96. The third-order valence-corrected chi connectivity index (χ3v) is 2.65. The molecule has 1 aromatic carbocycles. The van der Waals surface area contributed by atoms with Gasteiger partial charge in [-0.1, -0.05) is 0 Å². The van der Waals surface area contributed by atoms with Gasteiger partial charge in [-0.3, -0.25) is 10.1 Å². The molecule has 2 N–H and O–H groups in total. The molecule has 0 spiro atoms. The van der Waals surface area contributed by atoms with Gasteiger partial charge in [-0.05, 0) is 40.2 Å². The minimum absolute atomic E-state index is 0.211. The summed E-state index contributed by atoms with van der Waals surface area (Å²) in [6.45, 7) is 1.40. The Kier molecular flexibility index (Phi) is 3.23. The Bertz CT molecular complexity index is 550. The summed E-state index contributed by atoms with van der Waals surface area (Å²) in [4.78, 5) is 17.9. The molecule has 0 aliphatic heterocycles. The standard InChI is InChI=1S/C11H9BrFN3O/c1-6(17)14-11-15-9(10(12)16-11)7-2-4-8(13)5-3-7/h2-5H,1H3,(H2,14,15,16,17). The summed E-state index contributed by atoms with van der Waals surface area (Å²) in [6.07, 6.45) is 0. The number of anilines is 1. The minimum Gasteiger partial charge on any atom is -0.318 e. The van der Waals surface area contributed by atoms with Crippen molar-refractivity contribution in [3.63, 3.8) is 0 Å². The number of carbonyl (C=O) groups is 1. The third-order valence-electron chi connectivity index (χ3n) is 2.07.